The van der Waals surface area contributed by atoms with Gasteiger partial charge in [0.05, 0.1) is 11.4 Å². The third-order valence-electron chi connectivity index (χ3n) is 3.82. The lowest BCUT2D eigenvalue weighted by Gasteiger charge is -2.26. The van der Waals surface area contributed by atoms with Crippen LogP contribution >= 0.6 is 0 Å². The van der Waals surface area contributed by atoms with Crippen molar-refractivity contribution in [2.75, 3.05) is 25.5 Å². The van der Waals surface area contributed by atoms with Crippen LogP contribution in [0, 0.1) is 6.92 Å². The van der Waals surface area contributed by atoms with Crippen molar-refractivity contribution in [1.29, 1.82) is 0 Å². The molecule has 24 heavy (non-hydrogen) atoms. The van der Waals surface area contributed by atoms with Gasteiger partial charge in [0, 0.05) is 26.2 Å². The minimum atomic E-state index is -0.0634. The first kappa shape index (κ1) is 15.9. The summed E-state index contributed by atoms with van der Waals surface area (Å²) < 4.78 is 1.70. The van der Waals surface area contributed by atoms with E-state index in [0.717, 1.165) is 22.8 Å². The minimum absolute atomic E-state index is 0.0634. The Hall–Kier alpha value is -2.96. The van der Waals surface area contributed by atoms with Crippen LogP contribution in [0.4, 0.5) is 10.5 Å². The van der Waals surface area contributed by atoms with Gasteiger partial charge in [0.1, 0.15) is 0 Å². The van der Waals surface area contributed by atoms with Gasteiger partial charge in [-0.05, 0) is 32.0 Å². The molecule has 2 heterocycles. The number of amides is 2. The smallest absolute Gasteiger partial charge is 0.323 e. The third kappa shape index (κ3) is 2.68. The molecule has 0 spiro atoms. The van der Waals surface area contributed by atoms with Crippen molar-refractivity contribution >= 4 is 17.4 Å². The number of anilines is 1. The Morgan fingerprint density at radius 2 is 1.88 bits per heavy atom. The predicted molar refractivity (Wildman–Crippen MR) is 93.1 cm³/mol. The zero-order chi connectivity index (χ0) is 17.3. The summed E-state index contributed by atoms with van der Waals surface area (Å²) in [4.78, 5) is 15.8. The van der Waals surface area contributed by atoms with Crippen molar-refractivity contribution in [3.05, 3.63) is 42.2 Å². The molecule has 0 atom stereocenters. The Bertz CT molecular complexity index is 886. The second-order valence-corrected chi connectivity index (χ2v) is 5.67. The highest BCUT2D eigenvalue weighted by Gasteiger charge is 2.20. The summed E-state index contributed by atoms with van der Waals surface area (Å²) in [5, 5.41) is 12.7. The summed E-state index contributed by atoms with van der Waals surface area (Å²) in [6.07, 6.45) is 0. The van der Waals surface area contributed by atoms with E-state index in [4.69, 9.17) is 0 Å². The SMILES string of the molecule is CCN(C(=O)N(C)C)c1ccccc1-c1ccc2nnc(C)n2n1. The number of para-hydroxylation sites is 1. The quantitative estimate of drug-likeness (QED) is 0.743. The Kier molecular flexibility index (Phi) is 4.16. The van der Waals surface area contributed by atoms with Gasteiger partial charge < -0.3 is 4.90 Å². The standard InChI is InChI=1S/C17H20N6O/c1-5-22(17(24)21(3)4)15-9-7-6-8-13(15)14-10-11-16-19-18-12(2)23(16)20-14/h6-11H,5H2,1-4H3. The minimum Gasteiger partial charge on any atom is -0.330 e. The predicted octanol–water partition coefficient (Wildman–Crippen LogP) is 2.61. The van der Waals surface area contributed by atoms with E-state index >= 15 is 0 Å². The van der Waals surface area contributed by atoms with Gasteiger partial charge in [0.25, 0.3) is 0 Å². The lowest BCUT2D eigenvalue weighted by molar-refractivity contribution is 0.224. The molecule has 3 rings (SSSR count). The van der Waals surface area contributed by atoms with Crippen LogP contribution < -0.4 is 4.90 Å². The van der Waals surface area contributed by atoms with Gasteiger partial charge in [-0.15, -0.1) is 10.2 Å². The number of urea groups is 1. The fraction of sp³-hybridized carbons (Fsp3) is 0.294. The van der Waals surface area contributed by atoms with Gasteiger partial charge in [-0.1, -0.05) is 18.2 Å². The van der Waals surface area contributed by atoms with Crippen molar-refractivity contribution < 1.29 is 4.79 Å². The highest BCUT2D eigenvalue weighted by atomic mass is 16.2. The summed E-state index contributed by atoms with van der Waals surface area (Å²) >= 11 is 0. The van der Waals surface area contributed by atoms with E-state index in [1.165, 1.54) is 0 Å². The fourth-order valence-electron chi connectivity index (χ4n) is 2.62. The van der Waals surface area contributed by atoms with Crippen LogP contribution in [0.1, 0.15) is 12.7 Å². The number of fused-ring (bicyclic) bond motifs is 1. The molecular weight excluding hydrogens is 304 g/mol. The van der Waals surface area contributed by atoms with Crippen molar-refractivity contribution in [2.24, 2.45) is 0 Å². The van der Waals surface area contributed by atoms with E-state index in [2.05, 4.69) is 15.3 Å². The molecule has 0 bridgehead atoms. The summed E-state index contributed by atoms with van der Waals surface area (Å²) in [7, 11) is 3.50. The lowest BCUT2D eigenvalue weighted by Crippen LogP contribution is -2.39. The number of aromatic nitrogens is 4. The fourth-order valence-corrected chi connectivity index (χ4v) is 2.62. The molecule has 0 aliphatic rings. The zero-order valence-corrected chi connectivity index (χ0v) is 14.3. The summed E-state index contributed by atoms with van der Waals surface area (Å²) in [5.74, 6) is 0.723. The molecule has 7 nitrogen and oxygen atoms in total. The van der Waals surface area contributed by atoms with E-state index in [-0.39, 0.29) is 6.03 Å². The first-order valence-electron chi connectivity index (χ1n) is 7.80. The summed E-state index contributed by atoms with van der Waals surface area (Å²) in [6.45, 7) is 4.39. The first-order chi connectivity index (χ1) is 11.5. The molecule has 3 aromatic rings. The Morgan fingerprint density at radius 1 is 1.12 bits per heavy atom. The number of aryl methyl sites for hydroxylation is 1. The molecule has 7 heteroatoms. The third-order valence-corrected chi connectivity index (χ3v) is 3.82. The number of hydrogen-bond donors (Lipinski definition) is 0. The normalized spacial score (nSPS) is 10.8. The van der Waals surface area contributed by atoms with Crippen LogP contribution in [0.25, 0.3) is 16.9 Å². The molecule has 0 aliphatic carbocycles. The molecule has 2 amide bonds. The number of benzene rings is 1. The maximum absolute atomic E-state index is 12.5. The van der Waals surface area contributed by atoms with E-state index in [9.17, 15) is 4.79 Å². The topological polar surface area (TPSA) is 66.6 Å². The van der Waals surface area contributed by atoms with E-state index in [0.29, 0.717) is 12.2 Å². The Morgan fingerprint density at radius 3 is 2.58 bits per heavy atom. The van der Waals surface area contributed by atoms with Gasteiger partial charge in [-0.25, -0.2) is 4.79 Å². The molecule has 124 valence electrons. The van der Waals surface area contributed by atoms with Gasteiger partial charge >= 0.3 is 6.03 Å². The maximum Gasteiger partial charge on any atom is 0.323 e. The zero-order valence-electron chi connectivity index (χ0n) is 14.3. The molecule has 0 N–H and O–H groups in total. The molecule has 1 aromatic carbocycles. The van der Waals surface area contributed by atoms with Crippen molar-refractivity contribution in [2.45, 2.75) is 13.8 Å². The van der Waals surface area contributed by atoms with Crippen molar-refractivity contribution in [1.82, 2.24) is 24.7 Å². The first-order valence-corrected chi connectivity index (χ1v) is 7.80. The van der Waals surface area contributed by atoms with E-state index in [1.807, 2.05) is 50.2 Å². The van der Waals surface area contributed by atoms with Crippen molar-refractivity contribution in [3.63, 3.8) is 0 Å². The molecule has 0 fully saturated rings. The average molecular weight is 324 g/mol. The van der Waals surface area contributed by atoms with Crippen LogP contribution in [0.5, 0.6) is 0 Å². The van der Waals surface area contributed by atoms with Gasteiger partial charge in [-0.3, -0.25) is 4.90 Å². The van der Waals surface area contributed by atoms with Crippen LogP contribution in [-0.2, 0) is 0 Å². The molecule has 0 radical (unpaired) electrons. The van der Waals surface area contributed by atoms with Crippen LogP contribution in [0.15, 0.2) is 36.4 Å². The second-order valence-electron chi connectivity index (χ2n) is 5.67. The summed E-state index contributed by atoms with van der Waals surface area (Å²) in [5.41, 5.74) is 3.19. The summed E-state index contributed by atoms with van der Waals surface area (Å²) in [6, 6.07) is 11.5. The van der Waals surface area contributed by atoms with Crippen LogP contribution in [0.3, 0.4) is 0 Å². The van der Waals surface area contributed by atoms with Gasteiger partial charge in [0.15, 0.2) is 11.5 Å². The average Bonchev–Trinajstić information content (AvgIpc) is 2.96. The highest BCUT2D eigenvalue weighted by Crippen LogP contribution is 2.30. The Balaban J connectivity index is 2.13. The number of rotatable bonds is 3. The van der Waals surface area contributed by atoms with Crippen LogP contribution in [0.2, 0.25) is 0 Å². The number of carbonyl (C=O) groups is 1. The maximum atomic E-state index is 12.5. The number of carbonyl (C=O) groups excluding carboxylic acids is 1. The number of hydrogen-bond acceptors (Lipinski definition) is 4. The van der Waals surface area contributed by atoms with Crippen molar-refractivity contribution in [3.8, 4) is 11.3 Å². The largest absolute Gasteiger partial charge is 0.330 e. The van der Waals surface area contributed by atoms with E-state index < -0.39 is 0 Å². The second kappa shape index (κ2) is 6.27. The molecule has 2 aromatic heterocycles. The highest BCUT2D eigenvalue weighted by molar-refractivity contribution is 5.96. The molecule has 0 aliphatic heterocycles. The molecule has 0 unspecified atom stereocenters. The number of nitrogens with zero attached hydrogens (tertiary/aromatic N) is 6. The van der Waals surface area contributed by atoms with Crippen LogP contribution in [-0.4, -0.2) is 51.4 Å². The van der Waals surface area contributed by atoms with Gasteiger partial charge in [0.2, 0.25) is 0 Å². The molecule has 0 saturated carbocycles. The van der Waals surface area contributed by atoms with E-state index in [1.54, 1.807) is 28.4 Å². The Labute approximate surface area is 140 Å². The lowest BCUT2D eigenvalue weighted by atomic mass is 10.1. The monoisotopic (exact) mass is 324 g/mol. The molecular formula is C17H20N6O. The molecule has 0 saturated heterocycles. The van der Waals surface area contributed by atoms with Gasteiger partial charge in [-0.2, -0.15) is 9.61 Å².